The number of ether oxygens (including phenoxy) is 2. The number of hydrogen-bond acceptors (Lipinski definition) is 5. The summed E-state index contributed by atoms with van der Waals surface area (Å²) in [7, 11) is 1.53. The van der Waals surface area contributed by atoms with Gasteiger partial charge in [-0.2, -0.15) is 0 Å². The van der Waals surface area contributed by atoms with Crippen LogP contribution < -0.4 is 0 Å². The maximum atomic E-state index is 12.4. The quantitative estimate of drug-likeness (QED) is 0.418. The SMILES string of the molecule is COCCOC(=O)C1=CN(CC(=O)c2ccc(Cl)cc2Cl)C=CC1. The molecule has 1 heterocycles. The second kappa shape index (κ2) is 8.87. The average molecular weight is 370 g/mol. The Bertz CT molecular complexity index is 685. The minimum atomic E-state index is -0.418. The summed E-state index contributed by atoms with van der Waals surface area (Å²) < 4.78 is 9.91. The Morgan fingerprint density at radius 3 is 2.75 bits per heavy atom. The molecule has 0 N–H and O–H groups in total. The number of Topliss-reactive ketones (excluding diaryl/α,β-unsaturated/α-hetero) is 1. The molecule has 0 bridgehead atoms. The molecular weight excluding hydrogens is 353 g/mol. The van der Waals surface area contributed by atoms with Gasteiger partial charge < -0.3 is 14.4 Å². The van der Waals surface area contributed by atoms with E-state index in [1.54, 1.807) is 35.5 Å². The molecule has 24 heavy (non-hydrogen) atoms. The maximum Gasteiger partial charge on any atom is 0.335 e. The van der Waals surface area contributed by atoms with E-state index in [4.69, 9.17) is 32.7 Å². The lowest BCUT2D eigenvalue weighted by Crippen LogP contribution is -2.24. The number of halogens is 2. The standard InChI is InChI=1S/C17H17Cl2NO4/c1-23-7-8-24-17(22)12-3-2-6-20(10-12)11-16(21)14-5-4-13(18)9-15(14)19/h2,4-6,9-10H,3,7-8,11H2,1H3. The minimum absolute atomic E-state index is 0.0622. The van der Waals surface area contributed by atoms with Crippen LogP contribution >= 0.6 is 23.2 Å². The highest BCUT2D eigenvalue weighted by molar-refractivity contribution is 6.36. The minimum Gasteiger partial charge on any atom is -0.460 e. The topological polar surface area (TPSA) is 55.8 Å². The fraction of sp³-hybridized carbons (Fsp3) is 0.294. The van der Waals surface area contributed by atoms with Crippen LogP contribution in [0.15, 0.2) is 42.2 Å². The third-order valence-electron chi connectivity index (χ3n) is 3.30. The number of carbonyl (C=O) groups is 2. The van der Waals surface area contributed by atoms with Gasteiger partial charge in [0, 0.05) is 36.5 Å². The Labute approximate surface area is 150 Å². The summed E-state index contributed by atoms with van der Waals surface area (Å²) in [6, 6.07) is 4.72. The molecule has 1 aliphatic rings. The van der Waals surface area contributed by atoms with E-state index >= 15 is 0 Å². The number of carbonyl (C=O) groups excluding carboxylic acids is 2. The molecule has 0 radical (unpaired) electrons. The van der Waals surface area contributed by atoms with Crippen molar-refractivity contribution in [3.63, 3.8) is 0 Å². The highest BCUT2D eigenvalue weighted by Crippen LogP contribution is 2.22. The van der Waals surface area contributed by atoms with E-state index < -0.39 is 5.97 Å². The summed E-state index contributed by atoms with van der Waals surface area (Å²) >= 11 is 11.9. The number of methoxy groups -OCH3 is 1. The summed E-state index contributed by atoms with van der Waals surface area (Å²) in [5, 5.41) is 0.770. The van der Waals surface area contributed by atoms with Gasteiger partial charge in [-0.05, 0) is 18.2 Å². The van der Waals surface area contributed by atoms with Crippen LogP contribution in [0, 0.1) is 0 Å². The van der Waals surface area contributed by atoms with Crippen LogP contribution in [0.5, 0.6) is 0 Å². The van der Waals surface area contributed by atoms with Crippen LogP contribution in [0.25, 0.3) is 0 Å². The van der Waals surface area contributed by atoms with Crippen molar-refractivity contribution in [3.8, 4) is 0 Å². The van der Waals surface area contributed by atoms with Crippen molar-refractivity contribution in [3.05, 3.63) is 57.9 Å². The van der Waals surface area contributed by atoms with Gasteiger partial charge >= 0.3 is 5.97 Å². The van der Waals surface area contributed by atoms with Crippen LogP contribution in [0.2, 0.25) is 10.0 Å². The second-order valence-corrected chi connectivity index (χ2v) is 5.94. The first-order valence-electron chi connectivity index (χ1n) is 7.28. The molecule has 0 amide bonds. The van der Waals surface area contributed by atoms with Gasteiger partial charge in [-0.15, -0.1) is 0 Å². The number of ketones is 1. The largest absolute Gasteiger partial charge is 0.460 e. The van der Waals surface area contributed by atoms with E-state index in [9.17, 15) is 9.59 Å². The second-order valence-electron chi connectivity index (χ2n) is 5.09. The van der Waals surface area contributed by atoms with Crippen molar-refractivity contribution in [1.29, 1.82) is 0 Å². The zero-order valence-corrected chi connectivity index (χ0v) is 14.6. The molecule has 0 aromatic heterocycles. The molecule has 1 aliphatic heterocycles. The predicted octanol–water partition coefficient (Wildman–Crippen LogP) is 3.47. The highest BCUT2D eigenvalue weighted by Gasteiger charge is 2.18. The Kier molecular flexibility index (Phi) is 6.85. The van der Waals surface area contributed by atoms with Crippen LogP contribution in [0.1, 0.15) is 16.8 Å². The molecule has 2 rings (SSSR count). The van der Waals surface area contributed by atoms with Crippen LogP contribution in [0.3, 0.4) is 0 Å². The molecule has 0 saturated heterocycles. The first-order chi connectivity index (χ1) is 11.5. The van der Waals surface area contributed by atoms with Gasteiger partial charge in [0.15, 0.2) is 5.78 Å². The Morgan fingerprint density at radius 2 is 2.04 bits per heavy atom. The van der Waals surface area contributed by atoms with Crippen molar-refractivity contribution in [2.75, 3.05) is 26.9 Å². The van der Waals surface area contributed by atoms with Crippen molar-refractivity contribution in [2.45, 2.75) is 6.42 Å². The molecule has 0 aliphatic carbocycles. The molecule has 0 unspecified atom stereocenters. The van der Waals surface area contributed by atoms with Gasteiger partial charge in [0.2, 0.25) is 0 Å². The average Bonchev–Trinajstić information content (AvgIpc) is 2.55. The third-order valence-corrected chi connectivity index (χ3v) is 3.84. The maximum absolute atomic E-state index is 12.4. The lowest BCUT2D eigenvalue weighted by Gasteiger charge is -2.20. The van der Waals surface area contributed by atoms with E-state index in [1.165, 1.54) is 13.2 Å². The molecule has 1 aromatic rings. The Balaban J connectivity index is 2.01. The van der Waals surface area contributed by atoms with Gasteiger partial charge in [0.05, 0.1) is 23.7 Å². The molecule has 5 nitrogen and oxygen atoms in total. The molecule has 7 heteroatoms. The van der Waals surface area contributed by atoms with Gasteiger partial charge in [-0.3, -0.25) is 4.79 Å². The smallest absolute Gasteiger partial charge is 0.335 e. The fourth-order valence-corrected chi connectivity index (χ4v) is 2.64. The van der Waals surface area contributed by atoms with Crippen molar-refractivity contribution in [2.24, 2.45) is 0 Å². The summed E-state index contributed by atoms with van der Waals surface area (Å²) in [5.74, 6) is -0.593. The molecule has 128 valence electrons. The van der Waals surface area contributed by atoms with E-state index in [-0.39, 0.29) is 18.9 Å². The van der Waals surface area contributed by atoms with Crippen molar-refractivity contribution in [1.82, 2.24) is 4.90 Å². The van der Waals surface area contributed by atoms with E-state index in [0.717, 1.165) is 0 Å². The summed E-state index contributed by atoms with van der Waals surface area (Å²) in [6.07, 6.45) is 5.60. The number of allylic oxidation sites excluding steroid dienone is 1. The number of nitrogens with zero attached hydrogens (tertiary/aromatic N) is 1. The van der Waals surface area contributed by atoms with E-state index in [2.05, 4.69) is 0 Å². The van der Waals surface area contributed by atoms with E-state index in [0.29, 0.717) is 34.2 Å². The molecule has 0 fully saturated rings. The number of rotatable bonds is 7. The predicted molar refractivity (Wildman–Crippen MR) is 92.2 cm³/mol. The zero-order chi connectivity index (χ0) is 17.5. The first-order valence-corrected chi connectivity index (χ1v) is 8.04. The van der Waals surface area contributed by atoms with Crippen molar-refractivity contribution < 1.29 is 19.1 Å². The summed E-state index contributed by atoms with van der Waals surface area (Å²) in [5.41, 5.74) is 0.862. The zero-order valence-electron chi connectivity index (χ0n) is 13.1. The Hall–Kier alpha value is -1.82. The summed E-state index contributed by atoms with van der Waals surface area (Å²) in [6.45, 7) is 0.592. The normalized spacial score (nSPS) is 13.6. The number of esters is 1. The third kappa shape index (κ3) is 5.09. The van der Waals surface area contributed by atoms with E-state index in [1.807, 2.05) is 0 Å². The van der Waals surface area contributed by atoms with Gasteiger partial charge in [-0.1, -0.05) is 29.3 Å². The van der Waals surface area contributed by atoms with Gasteiger partial charge in [-0.25, -0.2) is 4.79 Å². The fourth-order valence-electron chi connectivity index (χ4n) is 2.12. The van der Waals surface area contributed by atoms with Crippen molar-refractivity contribution >= 4 is 35.0 Å². The number of benzene rings is 1. The van der Waals surface area contributed by atoms with Crippen LogP contribution in [-0.2, 0) is 14.3 Å². The molecule has 0 saturated carbocycles. The summed E-state index contributed by atoms with van der Waals surface area (Å²) in [4.78, 5) is 25.9. The first kappa shape index (κ1) is 18.5. The molecular formula is C17H17Cl2NO4. The van der Waals surface area contributed by atoms with Crippen LogP contribution in [0.4, 0.5) is 0 Å². The lowest BCUT2D eigenvalue weighted by atomic mass is 10.1. The van der Waals surface area contributed by atoms with Gasteiger partial charge in [0.25, 0.3) is 0 Å². The molecule has 1 aromatic carbocycles. The lowest BCUT2D eigenvalue weighted by molar-refractivity contribution is -0.140. The van der Waals surface area contributed by atoms with Gasteiger partial charge in [0.1, 0.15) is 6.61 Å². The molecule has 0 atom stereocenters. The highest BCUT2D eigenvalue weighted by atomic mass is 35.5. The number of hydrogen-bond donors (Lipinski definition) is 0. The van der Waals surface area contributed by atoms with Crippen LogP contribution in [-0.4, -0.2) is 43.5 Å². The Morgan fingerprint density at radius 1 is 1.25 bits per heavy atom. The monoisotopic (exact) mass is 369 g/mol. The molecule has 0 spiro atoms.